The topological polar surface area (TPSA) is 66.2 Å². The first-order valence-electron chi connectivity index (χ1n) is 6.84. The van der Waals surface area contributed by atoms with Crippen LogP contribution in [0.3, 0.4) is 0 Å². The zero-order valence-electron chi connectivity index (χ0n) is 11.9. The van der Waals surface area contributed by atoms with Crippen LogP contribution in [0, 0.1) is 17.1 Å². The highest BCUT2D eigenvalue weighted by Gasteiger charge is 2.35. The number of aromatic nitrogens is 1. The third kappa shape index (κ3) is 3.10. The van der Waals surface area contributed by atoms with Crippen molar-refractivity contribution < 1.29 is 13.9 Å². The minimum absolute atomic E-state index is 0.0859. The Labute approximate surface area is 136 Å². The quantitative estimate of drug-likeness (QED) is 0.867. The molecule has 3 rings (SSSR count). The molecule has 5 nitrogen and oxygen atoms in total. The molecule has 1 aromatic carbocycles. The fraction of sp³-hybridized carbons (Fsp3) is 0.188. The SMILES string of the molecule is N#Cc1ccnc(OC2CN(C(=O)c3c(F)cccc3Cl)C2)c1. The maximum atomic E-state index is 13.7. The lowest BCUT2D eigenvalue weighted by Crippen LogP contribution is -2.56. The Morgan fingerprint density at radius 1 is 1.43 bits per heavy atom. The molecule has 2 aromatic rings. The summed E-state index contributed by atoms with van der Waals surface area (Å²) >= 11 is 5.89. The van der Waals surface area contributed by atoms with Gasteiger partial charge < -0.3 is 9.64 Å². The summed E-state index contributed by atoms with van der Waals surface area (Å²) in [4.78, 5) is 17.7. The summed E-state index contributed by atoms with van der Waals surface area (Å²) in [6.07, 6.45) is 1.24. The van der Waals surface area contributed by atoms with Crippen LogP contribution in [-0.4, -0.2) is 35.0 Å². The molecule has 0 unspecified atom stereocenters. The summed E-state index contributed by atoms with van der Waals surface area (Å²) in [5.41, 5.74) is 0.317. The van der Waals surface area contributed by atoms with Crippen molar-refractivity contribution in [1.29, 1.82) is 5.26 Å². The molecule has 0 radical (unpaired) electrons. The molecule has 116 valence electrons. The maximum absolute atomic E-state index is 13.7. The highest BCUT2D eigenvalue weighted by molar-refractivity contribution is 6.33. The minimum atomic E-state index is -0.643. The number of benzene rings is 1. The Kier molecular flexibility index (Phi) is 4.13. The molecule has 1 amide bonds. The molecule has 23 heavy (non-hydrogen) atoms. The first-order valence-corrected chi connectivity index (χ1v) is 7.22. The Morgan fingerprint density at radius 2 is 2.22 bits per heavy atom. The van der Waals surface area contributed by atoms with Gasteiger partial charge >= 0.3 is 0 Å². The van der Waals surface area contributed by atoms with E-state index in [4.69, 9.17) is 21.6 Å². The number of nitrogens with zero attached hydrogens (tertiary/aromatic N) is 3. The Bertz CT molecular complexity index is 780. The van der Waals surface area contributed by atoms with Crippen LogP contribution in [0.4, 0.5) is 4.39 Å². The molecule has 1 saturated heterocycles. The molecule has 1 aliphatic heterocycles. The molecule has 0 N–H and O–H groups in total. The lowest BCUT2D eigenvalue weighted by Gasteiger charge is -2.38. The summed E-state index contributed by atoms with van der Waals surface area (Å²) in [5, 5.41) is 8.91. The zero-order valence-corrected chi connectivity index (χ0v) is 12.6. The van der Waals surface area contributed by atoms with Gasteiger partial charge in [0, 0.05) is 12.3 Å². The third-order valence-corrected chi connectivity index (χ3v) is 3.78. The van der Waals surface area contributed by atoms with Crippen LogP contribution in [0.1, 0.15) is 15.9 Å². The van der Waals surface area contributed by atoms with Gasteiger partial charge in [-0.1, -0.05) is 17.7 Å². The van der Waals surface area contributed by atoms with Crippen LogP contribution in [0.2, 0.25) is 5.02 Å². The van der Waals surface area contributed by atoms with Crippen LogP contribution in [-0.2, 0) is 0 Å². The van der Waals surface area contributed by atoms with Crippen LogP contribution in [0.5, 0.6) is 5.88 Å². The first kappa shape index (κ1) is 15.3. The average molecular weight is 332 g/mol. The van der Waals surface area contributed by atoms with Crippen LogP contribution in [0.15, 0.2) is 36.5 Å². The Hall–Kier alpha value is -2.65. The average Bonchev–Trinajstić information content (AvgIpc) is 2.50. The predicted molar refractivity (Wildman–Crippen MR) is 80.7 cm³/mol. The zero-order chi connectivity index (χ0) is 16.4. The van der Waals surface area contributed by atoms with Gasteiger partial charge in [-0.05, 0) is 18.2 Å². The van der Waals surface area contributed by atoms with Gasteiger partial charge in [0.05, 0.1) is 35.3 Å². The van der Waals surface area contributed by atoms with E-state index in [2.05, 4.69) is 4.98 Å². The highest BCUT2D eigenvalue weighted by atomic mass is 35.5. The number of ether oxygens (including phenoxy) is 1. The summed E-state index contributed by atoms with van der Waals surface area (Å²) in [6, 6.07) is 9.22. The van der Waals surface area contributed by atoms with E-state index in [0.717, 1.165) is 0 Å². The summed E-state index contributed by atoms with van der Waals surface area (Å²) in [6.45, 7) is 0.615. The fourth-order valence-electron chi connectivity index (χ4n) is 2.25. The number of hydrogen-bond acceptors (Lipinski definition) is 4. The van der Waals surface area contributed by atoms with Gasteiger partial charge in [0.25, 0.3) is 5.91 Å². The number of rotatable bonds is 3. The lowest BCUT2D eigenvalue weighted by molar-refractivity contribution is 0.0157. The Balaban J connectivity index is 1.63. The van der Waals surface area contributed by atoms with E-state index in [0.29, 0.717) is 24.5 Å². The van der Waals surface area contributed by atoms with Crippen LogP contribution >= 0.6 is 11.6 Å². The molecule has 0 saturated carbocycles. The van der Waals surface area contributed by atoms with Crippen molar-refractivity contribution in [2.45, 2.75) is 6.10 Å². The molecule has 7 heteroatoms. The number of halogens is 2. The van der Waals surface area contributed by atoms with E-state index in [9.17, 15) is 9.18 Å². The smallest absolute Gasteiger partial charge is 0.258 e. The third-order valence-electron chi connectivity index (χ3n) is 3.46. The summed E-state index contributed by atoms with van der Waals surface area (Å²) in [5.74, 6) is -0.785. The van der Waals surface area contributed by atoms with Crippen molar-refractivity contribution in [1.82, 2.24) is 9.88 Å². The van der Waals surface area contributed by atoms with Crippen molar-refractivity contribution in [3.8, 4) is 11.9 Å². The predicted octanol–water partition coefficient (Wildman–Crippen LogP) is 2.65. The monoisotopic (exact) mass is 331 g/mol. The standard InChI is InChI=1S/C16H11ClFN3O2/c17-12-2-1-3-13(18)15(12)16(22)21-8-11(9-21)23-14-6-10(7-19)4-5-20-14/h1-6,11H,8-9H2. The molecule has 0 aliphatic carbocycles. The fourth-order valence-corrected chi connectivity index (χ4v) is 2.50. The molecule has 2 heterocycles. The van der Waals surface area contributed by atoms with Crippen LogP contribution < -0.4 is 4.74 Å². The van der Waals surface area contributed by atoms with Crippen molar-refractivity contribution in [3.63, 3.8) is 0 Å². The molecule has 1 fully saturated rings. The molecule has 0 atom stereocenters. The second-order valence-corrected chi connectivity index (χ2v) is 5.45. The molecular weight excluding hydrogens is 321 g/mol. The van der Waals surface area contributed by atoms with Gasteiger partial charge in [-0.25, -0.2) is 9.37 Å². The first-order chi connectivity index (χ1) is 11.1. The molecule has 1 aliphatic rings. The van der Waals surface area contributed by atoms with Crippen LogP contribution in [0.25, 0.3) is 0 Å². The second-order valence-electron chi connectivity index (χ2n) is 5.04. The van der Waals surface area contributed by atoms with Gasteiger partial charge in [0.15, 0.2) is 0 Å². The highest BCUT2D eigenvalue weighted by Crippen LogP contribution is 2.24. The van der Waals surface area contributed by atoms with E-state index in [1.165, 1.54) is 35.4 Å². The summed E-state index contributed by atoms with van der Waals surface area (Å²) < 4.78 is 19.3. The van der Waals surface area contributed by atoms with Gasteiger partial charge in [0.1, 0.15) is 11.9 Å². The number of amides is 1. The normalized spacial score (nSPS) is 14.0. The van der Waals surface area contributed by atoms with Gasteiger partial charge in [-0.3, -0.25) is 4.79 Å². The second kappa shape index (κ2) is 6.23. The summed E-state index contributed by atoms with van der Waals surface area (Å²) in [7, 11) is 0. The van der Waals surface area contributed by atoms with E-state index in [1.807, 2.05) is 6.07 Å². The number of carbonyl (C=O) groups is 1. The maximum Gasteiger partial charge on any atom is 0.258 e. The number of carbonyl (C=O) groups excluding carboxylic acids is 1. The van der Waals surface area contributed by atoms with E-state index in [-0.39, 0.29) is 16.7 Å². The molecule has 1 aromatic heterocycles. The van der Waals surface area contributed by atoms with Crippen molar-refractivity contribution in [2.75, 3.05) is 13.1 Å². The van der Waals surface area contributed by atoms with Gasteiger partial charge in [0.2, 0.25) is 5.88 Å². The number of hydrogen-bond donors (Lipinski definition) is 0. The number of likely N-dealkylation sites (tertiary alicyclic amines) is 1. The van der Waals surface area contributed by atoms with Gasteiger partial charge in [-0.15, -0.1) is 0 Å². The van der Waals surface area contributed by atoms with Gasteiger partial charge in [-0.2, -0.15) is 5.26 Å². The van der Waals surface area contributed by atoms with E-state index < -0.39 is 11.7 Å². The van der Waals surface area contributed by atoms with Crippen molar-refractivity contribution in [3.05, 3.63) is 58.5 Å². The Morgan fingerprint density at radius 3 is 2.91 bits per heavy atom. The lowest BCUT2D eigenvalue weighted by atomic mass is 10.1. The minimum Gasteiger partial charge on any atom is -0.471 e. The molecule has 0 spiro atoms. The van der Waals surface area contributed by atoms with Crippen molar-refractivity contribution >= 4 is 17.5 Å². The van der Waals surface area contributed by atoms with Crippen molar-refractivity contribution in [2.24, 2.45) is 0 Å². The van der Waals surface area contributed by atoms with E-state index in [1.54, 1.807) is 6.07 Å². The van der Waals surface area contributed by atoms with E-state index >= 15 is 0 Å². The molecule has 0 bridgehead atoms. The largest absolute Gasteiger partial charge is 0.471 e. The molecular formula is C16H11ClFN3O2. The number of pyridine rings is 1. The number of nitriles is 1.